The summed E-state index contributed by atoms with van der Waals surface area (Å²) in [5, 5.41) is 8.69. The van der Waals surface area contributed by atoms with Crippen LogP contribution in [-0.4, -0.2) is 25.8 Å². The van der Waals surface area contributed by atoms with E-state index in [-0.39, 0.29) is 10.9 Å². The van der Waals surface area contributed by atoms with Crippen molar-refractivity contribution in [2.45, 2.75) is 37.6 Å². The van der Waals surface area contributed by atoms with E-state index in [1.807, 2.05) is 19.9 Å². The first-order valence-electron chi connectivity index (χ1n) is 5.95. The minimum absolute atomic E-state index is 0.00523. The first kappa shape index (κ1) is 14.7. The molecule has 0 aliphatic heterocycles. The van der Waals surface area contributed by atoms with Gasteiger partial charge in [0.1, 0.15) is 0 Å². The Kier molecular flexibility index (Phi) is 4.88. The molecule has 0 spiro atoms. The maximum Gasteiger partial charge on any atom is 0.243 e. The topological polar surface area (TPSA) is 61.2 Å². The van der Waals surface area contributed by atoms with Crippen LogP contribution >= 0.6 is 0 Å². The second-order valence-corrected chi connectivity index (χ2v) is 6.13. The van der Waals surface area contributed by atoms with Crippen LogP contribution in [0.2, 0.25) is 0 Å². The van der Waals surface area contributed by atoms with Crippen molar-refractivity contribution < 1.29 is 8.42 Å². The van der Waals surface area contributed by atoms with E-state index in [1.165, 1.54) is 28.6 Å². The monoisotopic (exact) mass is 266 g/mol. The molecule has 0 N–H and O–H groups in total. The van der Waals surface area contributed by atoms with E-state index in [2.05, 4.69) is 0 Å². The maximum absolute atomic E-state index is 12.3. The third-order valence-electron chi connectivity index (χ3n) is 3.12. The van der Waals surface area contributed by atoms with E-state index in [9.17, 15) is 8.42 Å². The summed E-state index contributed by atoms with van der Waals surface area (Å²) < 4.78 is 26.1. The summed E-state index contributed by atoms with van der Waals surface area (Å²) in [5.74, 6) is 0. The predicted octanol–water partition coefficient (Wildman–Crippen LogP) is 2.37. The summed E-state index contributed by atoms with van der Waals surface area (Å²) in [6, 6.07) is 7.98. The molecule has 0 unspecified atom stereocenters. The zero-order valence-electron chi connectivity index (χ0n) is 10.9. The number of nitriles is 1. The zero-order valence-corrected chi connectivity index (χ0v) is 11.7. The zero-order chi connectivity index (χ0) is 13.8. The fourth-order valence-corrected chi connectivity index (χ4v) is 3.37. The Bertz CT molecular complexity index is 525. The van der Waals surface area contributed by atoms with Gasteiger partial charge in [0.15, 0.2) is 0 Å². The maximum atomic E-state index is 12.3. The first-order valence-corrected chi connectivity index (χ1v) is 7.39. The van der Waals surface area contributed by atoms with Crippen LogP contribution in [0.15, 0.2) is 29.2 Å². The van der Waals surface area contributed by atoms with Gasteiger partial charge in [0, 0.05) is 13.1 Å². The molecule has 0 aliphatic rings. The number of benzene rings is 1. The molecule has 98 valence electrons. The highest BCUT2D eigenvalue weighted by Crippen LogP contribution is 2.19. The summed E-state index contributed by atoms with van der Waals surface area (Å²) >= 11 is 0. The quantitative estimate of drug-likeness (QED) is 0.822. The highest BCUT2D eigenvalue weighted by atomic mass is 32.2. The lowest BCUT2D eigenvalue weighted by Crippen LogP contribution is -2.36. The highest BCUT2D eigenvalue weighted by Gasteiger charge is 2.25. The predicted molar refractivity (Wildman–Crippen MR) is 70.5 cm³/mol. The Hall–Kier alpha value is -1.38. The van der Waals surface area contributed by atoms with Crippen LogP contribution in [0.5, 0.6) is 0 Å². The molecular formula is C13H18N2O2S. The summed E-state index contributed by atoms with van der Waals surface area (Å²) in [6.07, 6.45) is 1.56. The highest BCUT2D eigenvalue weighted by molar-refractivity contribution is 7.89. The van der Waals surface area contributed by atoms with Gasteiger partial charge in [0.05, 0.1) is 16.5 Å². The van der Waals surface area contributed by atoms with Crippen molar-refractivity contribution in [2.24, 2.45) is 0 Å². The average molecular weight is 266 g/mol. The molecule has 0 aliphatic carbocycles. The molecule has 0 atom stereocenters. The minimum Gasteiger partial charge on any atom is -0.207 e. The molecule has 0 aromatic heterocycles. The van der Waals surface area contributed by atoms with Crippen molar-refractivity contribution in [3.05, 3.63) is 29.8 Å². The van der Waals surface area contributed by atoms with E-state index in [1.54, 1.807) is 7.05 Å². The van der Waals surface area contributed by atoms with Crippen LogP contribution in [0, 0.1) is 11.3 Å². The van der Waals surface area contributed by atoms with Crippen molar-refractivity contribution in [3.63, 3.8) is 0 Å². The van der Waals surface area contributed by atoms with Gasteiger partial charge in [-0.2, -0.15) is 9.57 Å². The molecule has 1 aromatic carbocycles. The Morgan fingerprint density at radius 2 is 1.72 bits per heavy atom. The van der Waals surface area contributed by atoms with E-state index in [0.717, 1.165) is 12.8 Å². The van der Waals surface area contributed by atoms with Gasteiger partial charge in [-0.1, -0.05) is 13.8 Å². The molecular weight excluding hydrogens is 248 g/mol. The Labute approximate surface area is 109 Å². The molecule has 0 amide bonds. The van der Waals surface area contributed by atoms with Gasteiger partial charge in [-0.05, 0) is 37.1 Å². The Morgan fingerprint density at radius 3 is 2.11 bits per heavy atom. The molecule has 0 heterocycles. The second-order valence-electron chi connectivity index (χ2n) is 4.13. The van der Waals surface area contributed by atoms with E-state index in [0.29, 0.717) is 5.56 Å². The largest absolute Gasteiger partial charge is 0.243 e. The fourth-order valence-electron chi connectivity index (χ4n) is 1.87. The Balaban J connectivity index is 3.09. The molecule has 18 heavy (non-hydrogen) atoms. The normalized spacial score (nSPS) is 11.8. The van der Waals surface area contributed by atoms with Crippen LogP contribution in [-0.2, 0) is 10.0 Å². The summed E-state index contributed by atoms with van der Waals surface area (Å²) in [5.41, 5.74) is 0.458. The van der Waals surface area contributed by atoms with Gasteiger partial charge < -0.3 is 0 Å². The van der Waals surface area contributed by atoms with Crippen LogP contribution in [0.4, 0.5) is 0 Å². The Morgan fingerprint density at radius 1 is 1.22 bits per heavy atom. The summed E-state index contributed by atoms with van der Waals surface area (Å²) in [6.45, 7) is 3.94. The van der Waals surface area contributed by atoms with Crippen molar-refractivity contribution in [1.82, 2.24) is 4.31 Å². The van der Waals surface area contributed by atoms with E-state index >= 15 is 0 Å². The van der Waals surface area contributed by atoms with Crippen LogP contribution < -0.4 is 0 Å². The van der Waals surface area contributed by atoms with Gasteiger partial charge in [-0.3, -0.25) is 0 Å². The van der Waals surface area contributed by atoms with Crippen molar-refractivity contribution >= 4 is 10.0 Å². The third kappa shape index (κ3) is 2.89. The van der Waals surface area contributed by atoms with Crippen LogP contribution in [0.1, 0.15) is 32.3 Å². The van der Waals surface area contributed by atoms with Crippen molar-refractivity contribution in [3.8, 4) is 6.07 Å². The average Bonchev–Trinajstić information content (AvgIpc) is 2.40. The lowest BCUT2D eigenvalue weighted by molar-refractivity contribution is 0.349. The number of hydrogen-bond acceptors (Lipinski definition) is 3. The van der Waals surface area contributed by atoms with Gasteiger partial charge in [-0.25, -0.2) is 8.42 Å². The summed E-state index contributed by atoms with van der Waals surface area (Å²) in [7, 11) is -1.86. The van der Waals surface area contributed by atoms with E-state index < -0.39 is 10.0 Å². The lowest BCUT2D eigenvalue weighted by atomic mass is 10.2. The number of hydrogen-bond donors (Lipinski definition) is 0. The van der Waals surface area contributed by atoms with Crippen LogP contribution in [0.3, 0.4) is 0 Å². The standard InChI is InChI=1S/C13H18N2O2S/c1-4-12(5-2)15(3)18(16,17)13-8-6-11(10-14)7-9-13/h6-9,12H,4-5H2,1-3H3. The van der Waals surface area contributed by atoms with E-state index in [4.69, 9.17) is 5.26 Å². The van der Waals surface area contributed by atoms with Gasteiger partial charge in [0.2, 0.25) is 10.0 Å². The lowest BCUT2D eigenvalue weighted by Gasteiger charge is -2.25. The van der Waals surface area contributed by atoms with Crippen molar-refractivity contribution in [2.75, 3.05) is 7.05 Å². The first-order chi connectivity index (χ1) is 8.47. The number of nitrogens with zero attached hydrogens (tertiary/aromatic N) is 2. The molecule has 0 radical (unpaired) electrons. The molecule has 1 aromatic rings. The molecule has 0 saturated carbocycles. The molecule has 5 heteroatoms. The molecule has 1 rings (SSSR count). The van der Waals surface area contributed by atoms with Gasteiger partial charge >= 0.3 is 0 Å². The molecule has 0 saturated heterocycles. The molecule has 0 fully saturated rings. The SMILES string of the molecule is CCC(CC)N(C)S(=O)(=O)c1ccc(C#N)cc1. The summed E-state index contributed by atoms with van der Waals surface area (Å²) in [4.78, 5) is 0.232. The molecule has 0 bridgehead atoms. The number of sulfonamides is 1. The third-order valence-corrected chi connectivity index (χ3v) is 5.04. The smallest absolute Gasteiger partial charge is 0.207 e. The number of rotatable bonds is 5. The van der Waals surface area contributed by atoms with Gasteiger partial charge in [-0.15, -0.1) is 0 Å². The fraction of sp³-hybridized carbons (Fsp3) is 0.462. The van der Waals surface area contributed by atoms with Gasteiger partial charge in [0.25, 0.3) is 0 Å². The van der Waals surface area contributed by atoms with Crippen molar-refractivity contribution in [1.29, 1.82) is 5.26 Å². The second kappa shape index (κ2) is 5.98. The minimum atomic E-state index is -3.46. The van der Waals surface area contributed by atoms with Crippen LogP contribution in [0.25, 0.3) is 0 Å². The molecule has 4 nitrogen and oxygen atoms in total.